The van der Waals surface area contributed by atoms with Gasteiger partial charge in [-0.15, -0.1) is 0 Å². The summed E-state index contributed by atoms with van der Waals surface area (Å²) in [5, 5.41) is 9.00. The fourth-order valence-corrected chi connectivity index (χ4v) is 4.65. The normalized spacial score (nSPS) is 11.1. The number of aryl methyl sites for hydroxylation is 2. The summed E-state index contributed by atoms with van der Waals surface area (Å²) in [7, 11) is 4.84. The molecule has 0 fully saturated rings. The Labute approximate surface area is 211 Å². The van der Waals surface area contributed by atoms with Crippen molar-refractivity contribution in [3.05, 3.63) is 87.3 Å². The predicted molar refractivity (Wildman–Crippen MR) is 141 cm³/mol. The lowest BCUT2D eigenvalue weighted by atomic mass is 10.1. The minimum atomic E-state index is -0.478. The number of methoxy groups -OCH3 is 2. The topological polar surface area (TPSA) is 87.4 Å². The molecule has 0 unspecified atom stereocenters. The standard InChI is InChI=1S/C27H23ClN4O4/c1-15-9-11-22(36-4)19(13-15)29-26(33)24-23-17-7-5-6-8-20(17)31(2)25(23)27(34)32(30-24)16-10-12-21(35-3)18(28)14-16/h5-14H,1-4H3,(H,29,33). The van der Waals surface area contributed by atoms with Crippen LogP contribution in [0.25, 0.3) is 27.5 Å². The van der Waals surface area contributed by atoms with E-state index in [0.29, 0.717) is 38.8 Å². The van der Waals surface area contributed by atoms with Crippen LogP contribution in [0.5, 0.6) is 11.5 Å². The summed E-state index contributed by atoms with van der Waals surface area (Å²) < 4.78 is 13.6. The van der Waals surface area contributed by atoms with E-state index in [0.717, 1.165) is 16.5 Å². The van der Waals surface area contributed by atoms with E-state index in [-0.39, 0.29) is 11.3 Å². The minimum Gasteiger partial charge on any atom is -0.495 e. The lowest BCUT2D eigenvalue weighted by Crippen LogP contribution is -2.27. The average Bonchev–Trinajstić information content (AvgIpc) is 3.17. The van der Waals surface area contributed by atoms with Crippen LogP contribution in [0.15, 0.2) is 65.5 Å². The zero-order valence-corrected chi connectivity index (χ0v) is 20.9. The molecule has 0 saturated carbocycles. The van der Waals surface area contributed by atoms with Crippen molar-refractivity contribution in [1.82, 2.24) is 14.3 Å². The molecule has 5 aromatic rings. The summed E-state index contributed by atoms with van der Waals surface area (Å²) in [6.45, 7) is 1.92. The molecule has 5 rings (SSSR count). The number of carbonyl (C=O) groups is 1. The molecular weight excluding hydrogens is 480 g/mol. The molecule has 0 atom stereocenters. The van der Waals surface area contributed by atoms with Gasteiger partial charge in [0.1, 0.15) is 17.0 Å². The van der Waals surface area contributed by atoms with E-state index in [2.05, 4.69) is 10.4 Å². The van der Waals surface area contributed by atoms with E-state index in [1.807, 2.05) is 43.3 Å². The SMILES string of the molecule is COc1ccc(-n2nc(C(=O)Nc3cc(C)ccc3OC)c3c4ccccc4n(C)c3c2=O)cc1Cl. The van der Waals surface area contributed by atoms with Gasteiger partial charge in [-0.2, -0.15) is 9.78 Å². The molecule has 3 aromatic carbocycles. The maximum absolute atomic E-state index is 13.7. The van der Waals surface area contributed by atoms with Gasteiger partial charge in [-0.1, -0.05) is 35.9 Å². The Hall–Kier alpha value is -4.30. The van der Waals surface area contributed by atoms with Crippen molar-refractivity contribution in [3.63, 3.8) is 0 Å². The number of anilines is 1. The number of halogens is 1. The molecule has 0 aliphatic heterocycles. The zero-order valence-electron chi connectivity index (χ0n) is 20.1. The molecule has 0 saturated heterocycles. The van der Waals surface area contributed by atoms with Crippen LogP contribution in [-0.4, -0.2) is 34.5 Å². The molecule has 182 valence electrons. The van der Waals surface area contributed by atoms with Gasteiger partial charge in [0.2, 0.25) is 0 Å². The predicted octanol–water partition coefficient (Wildman–Crippen LogP) is 5.11. The lowest BCUT2D eigenvalue weighted by molar-refractivity contribution is 0.102. The molecule has 0 spiro atoms. The van der Waals surface area contributed by atoms with E-state index >= 15 is 0 Å². The van der Waals surface area contributed by atoms with Crippen LogP contribution >= 0.6 is 11.6 Å². The van der Waals surface area contributed by atoms with Crippen molar-refractivity contribution in [1.29, 1.82) is 0 Å². The number of aromatic nitrogens is 3. The van der Waals surface area contributed by atoms with Crippen LogP contribution in [0, 0.1) is 6.92 Å². The van der Waals surface area contributed by atoms with Crippen LogP contribution in [0.3, 0.4) is 0 Å². The Balaban J connectivity index is 1.79. The highest BCUT2D eigenvalue weighted by Crippen LogP contribution is 2.31. The van der Waals surface area contributed by atoms with E-state index in [9.17, 15) is 9.59 Å². The Morgan fingerprint density at radius 1 is 1.00 bits per heavy atom. The number of amides is 1. The van der Waals surface area contributed by atoms with Crippen molar-refractivity contribution in [2.24, 2.45) is 7.05 Å². The number of nitrogens with zero attached hydrogens (tertiary/aromatic N) is 3. The van der Waals surface area contributed by atoms with E-state index in [1.165, 1.54) is 18.9 Å². The molecule has 8 nitrogen and oxygen atoms in total. The van der Waals surface area contributed by atoms with Gasteiger partial charge in [0, 0.05) is 23.3 Å². The van der Waals surface area contributed by atoms with E-state index < -0.39 is 5.91 Å². The van der Waals surface area contributed by atoms with Crippen LogP contribution < -0.4 is 20.3 Å². The smallest absolute Gasteiger partial charge is 0.296 e. The first-order chi connectivity index (χ1) is 17.3. The molecule has 0 aliphatic rings. The molecular formula is C27H23ClN4O4. The van der Waals surface area contributed by atoms with Gasteiger partial charge in [-0.25, -0.2) is 0 Å². The average molecular weight is 503 g/mol. The highest BCUT2D eigenvalue weighted by molar-refractivity contribution is 6.32. The zero-order chi connectivity index (χ0) is 25.6. The molecule has 36 heavy (non-hydrogen) atoms. The first kappa shape index (κ1) is 23.4. The molecule has 2 aromatic heterocycles. The van der Waals surface area contributed by atoms with Gasteiger partial charge >= 0.3 is 0 Å². The van der Waals surface area contributed by atoms with Crippen LogP contribution in [0.4, 0.5) is 5.69 Å². The second-order valence-electron chi connectivity index (χ2n) is 8.34. The van der Waals surface area contributed by atoms with Gasteiger partial charge in [0.25, 0.3) is 11.5 Å². The third kappa shape index (κ3) is 3.76. The first-order valence-electron chi connectivity index (χ1n) is 11.1. The molecule has 1 amide bonds. The number of rotatable bonds is 5. The van der Waals surface area contributed by atoms with Gasteiger partial charge in [-0.05, 0) is 48.9 Å². The molecule has 9 heteroatoms. The number of hydrogen-bond acceptors (Lipinski definition) is 5. The highest BCUT2D eigenvalue weighted by atomic mass is 35.5. The number of nitrogens with one attached hydrogen (secondary N) is 1. The highest BCUT2D eigenvalue weighted by Gasteiger charge is 2.24. The summed E-state index contributed by atoms with van der Waals surface area (Å²) in [6, 6.07) is 17.9. The van der Waals surface area contributed by atoms with Crippen molar-refractivity contribution in [3.8, 4) is 17.2 Å². The fourth-order valence-electron chi connectivity index (χ4n) is 4.40. The van der Waals surface area contributed by atoms with E-state index in [1.54, 1.807) is 35.9 Å². The summed E-state index contributed by atoms with van der Waals surface area (Å²) in [5.74, 6) is 0.496. The van der Waals surface area contributed by atoms with Crippen molar-refractivity contribution in [2.75, 3.05) is 19.5 Å². The van der Waals surface area contributed by atoms with Crippen molar-refractivity contribution >= 4 is 45.0 Å². The number of ether oxygens (including phenoxy) is 2. The number of para-hydroxylation sites is 1. The Morgan fingerprint density at radius 3 is 2.44 bits per heavy atom. The second kappa shape index (κ2) is 9.05. The Kier molecular flexibility index (Phi) is 5.89. The summed E-state index contributed by atoms with van der Waals surface area (Å²) in [6.07, 6.45) is 0. The van der Waals surface area contributed by atoms with Crippen LogP contribution in [0.1, 0.15) is 16.1 Å². The van der Waals surface area contributed by atoms with Crippen molar-refractivity contribution in [2.45, 2.75) is 6.92 Å². The molecule has 0 bridgehead atoms. The monoisotopic (exact) mass is 502 g/mol. The van der Waals surface area contributed by atoms with Crippen molar-refractivity contribution < 1.29 is 14.3 Å². The largest absolute Gasteiger partial charge is 0.495 e. The third-order valence-corrected chi connectivity index (χ3v) is 6.43. The lowest BCUT2D eigenvalue weighted by Gasteiger charge is -2.13. The van der Waals surface area contributed by atoms with E-state index in [4.69, 9.17) is 21.1 Å². The molecule has 0 aliphatic carbocycles. The maximum atomic E-state index is 13.7. The van der Waals surface area contributed by atoms with Gasteiger partial charge in [-0.3, -0.25) is 9.59 Å². The summed E-state index contributed by atoms with van der Waals surface area (Å²) >= 11 is 6.34. The number of carbonyl (C=O) groups excluding carboxylic acids is 1. The quantitative estimate of drug-likeness (QED) is 0.361. The van der Waals surface area contributed by atoms with Gasteiger partial charge < -0.3 is 19.4 Å². The van der Waals surface area contributed by atoms with Crippen LogP contribution in [-0.2, 0) is 7.05 Å². The first-order valence-corrected chi connectivity index (χ1v) is 11.5. The molecule has 2 heterocycles. The Bertz CT molecular complexity index is 1720. The number of hydrogen-bond donors (Lipinski definition) is 1. The van der Waals surface area contributed by atoms with Gasteiger partial charge in [0.05, 0.1) is 30.6 Å². The molecule has 1 N–H and O–H groups in total. The fraction of sp³-hybridized carbons (Fsp3) is 0.148. The summed E-state index contributed by atoms with van der Waals surface area (Å²) in [5.41, 5.74) is 2.72. The number of benzene rings is 3. The minimum absolute atomic E-state index is 0.0944. The number of fused-ring (bicyclic) bond motifs is 3. The Morgan fingerprint density at radius 2 is 1.72 bits per heavy atom. The summed E-state index contributed by atoms with van der Waals surface area (Å²) in [4.78, 5) is 27.4. The third-order valence-electron chi connectivity index (χ3n) is 6.14. The van der Waals surface area contributed by atoms with Gasteiger partial charge in [0.15, 0.2) is 5.69 Å². The second-order valence-corrected chi connectivity index (χ2v) is 8.75. The molecule has 0 radical (unpaired) electrons. The van der Waals surface area contributed by atoms with Crippen LogP contribution in [0.2, 0.25) is 5.02 Å². The maximum Gasteiger partial charge on any atom is 0.296 e.